The standard InChI is InChI=1S/C11H15NO4S/c1-8-2-3-11(10(6-13)12-8)16-9-4-5-17(14,15)7-9/h2-3,9,13H,4-7H2,1H3. The first-order chi connectivity index (χ1) is 8.00. The maximum absolute atomic E-state index is 11.3. The summed E-state index contributed by atoms with van der Waals surface area (Å²) in [6, 6.07) is 3.50. The van der Waals surface area contributed by atoms with Crippen LogP contribution in [0.25, 0.3) is 0 Å². The molecule has 1 N–H and O–H groups in total. The lowest BCUT2D eigenvalue weighted by Crippen LogP contribution is -2.18. The van der Waals surface area contributed by atoms with E-state index in [9.17, 15) is 8.42 Å². The van der Waals surface area contributed by atoms with Crippen LogP contribution in [0.1, 0.15) is 17.8 Å². The van der Waals surface area contributed by atoms with Crippen molar-refractivity contribution in [3.05, 3.63) is 23.5 Å². The van der Waals surface area contributed by atoms with Gasteiger partial charge in [-0.3, -0.25) is 4.98 Å². The molecule has 0 saturated carbocycles. The van der Waals surface area contributed by atoms with Crippen LogP contribution in [0.5, 0.6) is 5.75 Å². The maximum atomic E-state index is 11.3. The van der Waals surface area contributed by atoms with E-state index in [-0.39, 0.29) is 24.2 Å². The number of aliphatic hydroxyl groups excluding tert-OH is 1. The van der Waals surface area contributed by atoms with Crippen LogP contribution in [0.3, 0.4) is 0 Å². The van der Waals surface area contributed by atoms with Gasteiger partial charge < -0.3 is 9.84 Å². The van der Waals surface area contributed by atoms with E-state index >= 15 is 0 Å². The van der Waals surface area contributed by atoms with Crippen molar-refractivity contribution < 1.29 is 18.3 Å². The summed E-state index contributed by atoms with van der Waals surface area (Å²) >= 11 is 0. The molecule has 1 unspecified atom stereocenters. The molecule has 6 heteroatoms. The van der Waals surface area contributed by atoms with Gasteiger partial charge >= 0.3 is 0 Å². The number of rotatable bonds is 3. The van der Waals surface area contributed by atoms with Crippen molar-refractivity contribution in [1.29, 1.82) is 0 Å². The monoisotopic (exact) mass is 257 g/mol. The first-order valence-corrected chi connectivity index (χ1v) is 7.27. The summed E-state index contributed by atoms with van der Waals surface area (Å²) in [6.45, 7) is 1.61. The van der Waals surface area contributed by atoms with Gasteiger partial charge in [0, 0.05) is 5.69 Å². The minimum atomic E-state index is -2.95. The molecular weight excluding hydrogens is 242 g/mol. The molecule has 2 heterocycles. The Balaban J connectivity index is 2.14. The Kier molecular flexibility index (Phi) is 3.35. The van der Waals surface area contributed by atoms with Crippen LogP contribution >= 0.6 is 0 Å². The van der Waals surface area contributed by atoms with Gasteiger partial charge in [0.15, 0.2) is 9.84 Å². The van der Waals surface area contributed by atoms with Gasteiger partial charge in [0.05, 0.1) is 18.1 Å². The number of aliphatic hydroxyl groups is 1. The lowest BCUT2D eigenvalue weighted by molar-refractivity contribution is 0.212. The van der Waals surface area contributed by atoms with Gasteiger partial charge in [-0.2, -0.15) is 0 Å². The minimum Gasteiger partial charge on any atom is -0.487 e. The van der Waals surface area contributed by atoms with Crippen molar-refractivity contribution in [3.63, 3.8) is 0 Å². The number of hydrogen-bond donors (Lipinski definition) is 1. The van der Waals surface area contributed by atoms with E-state index in [1.807, 2.05) is 6.92 Å². The van der Waals surface area contributed by atoms with Crippen molar-refractivity contribution in [2.24, 2.45) is 0 Å². The van der Waals surface area contributed by atoms with Crippen LogP contribution in [0.4, 0.5) is 0 Å². The maximum Gasteiger partial charge on any atom is 0.154 e. The fourth-order valence-electron chi connectivity index (χ4n) is 1.85. The third-order valence-corrected chi connectivity index (χ3v) is 4.44. The predicted octanol–water partition coefficient (Wildman–Crippen LogP) is 0.448. The second-order valence-electron chi connectivity index (χ2n) is 4.20. The van der Waals surface area contributed by atoms with Gasteiger partial charge in [-0.1, -0.05) is 0 Å². The van der Waals surface area contributed by atoms with Gasteiger partial charge in [-0.05, 0) is 25.5 Å². The van der Waals surface area contributed by atoms with Crippen LogP contribution in [-0.2, 0) is 16.4 Å². The van der Waals surface area contributed by atoms with Crippen molar-refractivity contribution in [3.8, 4) is 5.75 Å². The van der Waals surface area contributed by atoms with Gasteiger partial charge in [-0.25, -0.2) is 8.42 Å². The zero-order chi connectivity index (χ0) is 12.5. The first-order valence-electron chi connectivity index (χ1n) is 5.44. The Hall–Kier alpha value is -1.14. The highest BCUT2D eigenvalue weighted by Crippen LogP contribution is 2.22. The van der Waals surface area contributed by atoms with E-state index in [0.29, 0.717) is 17.9 Å². The Morgan fingerprint density at radius 3 is 2.88 bits per heavy atom. The number of nitrogens with zero attached hydrogens (tertiary/aromatic N) is 1. The summed E-state index contributed by atoms with van der Waals surface area (Å²) in [5.41, 5.74) is 1.25. The number of hydrogen-bond acceptors (Lipinski definition) is 5. The smallest absolute Gasteiger partial charge is 0.154 e. The van der Waals surface area contributed by atoms with E-state index < -0.39 is 9.84 Å². The number of aromatic nitrogens is 1. The zero-order valence-electron chi connectivity index (χ0n) is 9.59. The summed E-state index contributed by atoms with van der Waals surface area (Å²) in [6.07, 6.45) is 0.177. The highest BCUT2D eigenvalue weighted by Gasteiger charge is 2.29. The third-order valence-electron chi connectivity index (χ3n) is 2.71. The summed E-state index contributed by atoms with van der Waals surface area (Å²) in [5, 5.41) is 9.16. The molecule has 0 bridgehead atoms. The molecule has 5 nitrogen and oxygen atoms in total. The fraction of sp³-hybridized carbons (Fsp3) is 0.545. The lowest BCUT2D eigenvalue weighted by atomic mass is 10.2. The molecule has 1 aromatic heterocycles. The van der Waals surface area contributed by atoms with Crippen LogP contribution < -0.4 is 4.74 Å². The SMILES string of the molecule is Cc1ccc(OC2CCS(=O)(=O)C2)c(CO)n1. The van der Waals surface area contributed by atoms with Crippen LogP contribution in [-0.4, -0.2) is 36.1 Å². The number of aryl methyl sites for hydroxylation is 1. The van der Waals surface area contributed by atoms with E-state index in [1.165, 1.54) is 0 Å². The number of sulfone groups is 1. The predicted molar refractivity (Wildman–Crippen MR) is 62.6 cm³/mol. The lowest BCUT2D eigenvalue weighted by Gasteiger charge is -2.14. The Labute approximate surface area is 100 Å². The summed E-state index contributed by atoms with van der Waals surface area (Å²) in [4.78, 5) is 4.15. The summed E-state index contributed by atoms with van der Waals surface area (Å²) < 4.78 is 28.2. The average molecular weight is 257 g/mol. The normalized spacial score (nSPS) is 22.6. The van der Waals surface area contributed by atoms with Crippen molar-refractivity contribution in [2.45, 2.75) is 26.1 Å². The van der Waals surface area contributed by atoms with Crippen LogP contribution in [0, 0.1) is 6.92 Å². The van der Waals surface area contributed by atoms with Crippen LogP contribution in [0.15, 0.2) is 12.1 Å². The molecule has 1 aromatic rings. The molecule has 1 aliphatic heterocycles. The molecule has 17 heavy (non-hydrogen) atoms. The molecule has 94 valence electrons. The fourth-order valence-corrected chi connectivity index (χ4v) is 3.44. The van der Waals surface area contributed by atoms with Gasteiger partial charge in [-0.15, -0.1) is 0 Å². The second-order valence-corrected chi connectivity index (χ2v) is 6.43. The molecule has 0 aliphatic carbocycles. The van der Waals surface area contributed by atoms with E-state index in [4.69, 9.17) is 9.84 Å². The van der Waals surface area contributed by atoms with Crippen molar-refractivity contribution >= 4 is 9.84 Å². The van der Waals surface area contributed by atoms with Crippen LogP contribution in [0.2, 0.25) is 0 Å². The van der Waals surface area contributed by atoms with Gasteiger partial charge in [0.1, 0.15) is 17.5 Å². The molecule has 0 amide bonds. The van der Waals surface area contributed by atoms with E-state index in [0.717, 1.165) is 5.69 Å². The highest BCUT2D eigenvalue weighted by atomic mass is 32.2. The van der Waals surface area contributed by atoms with E-state index in [1.54, 1.807) is 12.1 Å². The molecule has 1 atom stereocenters. The van der Waals surface area contributed by atoms with Crippen molar-refractivity contribution in [2.75, 3.05) is 11.5 Å². The third kappa shape index (κ3) is 2.95. The van der Waals surface area contributed by atoms with Crippen molar-refractivity contribution in [1.82, 2.24) is 4.98 Å². The number of ether oxygens (including phenoxy) is 1. The Bertz CT molecular complexity index is 512. The summed E-state index contributed by atoms with van der Waals surface area (Å²) in [7, 11) is -2.95. The number of pyridine rings is 1. The molecule has 0 spiro atoms. The molecule has 0 radical (unpaired) electrons. The van der Waals surface area contributed by atoms with E-state index in [2.05, 4.69) is 4.98 Å². The molecule has 0 aromatic carbocycles. The topological polar surface area (TPSA) is 76.5 Å². The van der Waals surface area contributed by atoms with Gasteiger partial charge in [0.25, 0.3) is 0 Å². The zero-order valence-corrected chi connectivity index (χ0v) is 10.4. The largest absolute Gasteiger partial charge is 0.487 e. The summed E-state index contributed by atoms with van der Waals surface area (Å²) in [5.74, 6) is 0.692. The minimum absolute atomic E-state index is 0.0474. The quantitative estimate of drug-likeness (QED) is 0.850. The van der Waals surface area contributed by atoms with Gasteiger partial charge in [0.2, 0.25) is 0 Å². The molecule has 1 aliphatic rings. The Morgan fingerprint density at radius 1 is 1.53 bits per heavy atom. The molecular formula is C11H15NO4S. The highest BCUT2D eigenvalue weighted by molar-refractivity contribution is 7.91. The molecule has 1 saturated heterocycles. The average Bonchev–Trinajstić information content (AvgIpc) is 2.61. The molecule has 2 rings (SSSR count). The molecule has 1 fully saturated rings. The first kappa shape index (κ1) is 12.3. The second kappa shape index (κ2) is 4.62. The Morgan fingerprint density at radius 2 is 2.29 bits per heavy atom.